The van der Waals surface area contributed by atoms with Crippen molar-refractivity contribution in [1.29, 1.82) is 0 Å². The van der Waals surface area contributed by atoms with Crippen LogP contribution in [0, 0.1) is 0 Å². The molecule has 0 fully saturated rings. The Kier molecular flexibility index (Phi) is 2.56. The van der Waals surface area contributed by atoms with E-state index in [1.807, 2.05) is 36.4 Å². The first kappa shape index (κ1) is 11.8. The lowest BCUT2D eigenvalue weighted by molar-refractivity contribution is -0.131. The molecule has 1 heterocycles. The van der Waals surface area contributed by atoms with Crippen LogP contribution in [0.5, 0.6) is 0 Å². The first-order valence-electron chi connectivity index (χ1n) is 6.36. The summed E-state index contributed by atoms with van der Waals surface area (Å²) in [6.45, 7) is 3.66. The second-order valence-corrected chi connectivity index (χ2v) is 4.95. The van der Waals surface area contributed by atoms with Gasteiger partial charge in [0.25, 0.3) is 0 Å². The molecule has 96 valence electrons. The summed E-state index contributed by atoms with van der Waals surface area (Å²) in [5.74, 6) is 0.00236. The van der Waals surface area contributed by atoms with Crippen molar-refractivity contribution in [1.82, 2.24) is 5.01 Å². The molecule has 3 heteroatoms. The molecule has 2 aromatic rings. The van der Waals surface area contributed by atoms with E-state index in [2.05, 4.69) is 30.5 Å². The molecule has 1 aliphatic rings. The Morgan fingerprint density at radius 1 is 1.05 bits per heavy atom. The van der Waals surface area contributed by atoms with Crippen LogP contribution in [-0.4, -0.2) is 10.9 Å². The number of hydrazine groups is 1. The van der Waals surface area contributed by atoms with E-state index in [0.717, 1.165) is 16.8 Å². The van der Waals surface area contributed by atoms with Gasteiger partial charge in [-0.1, -0.05) is 48.5 Å². The number of carbonyl (C=O) groups is 1. The topological polar surface area (TPSA) is 32.3 Å². The summed E-state index contributed by atoms with van der Waals surface area (Å²) in [6.07, 6.45) is 0. The normalized spacial score (nSPS) is 20.8. The minimum absolute atomic E-state index is 0.00236. The first-order valence-corrected chi connectivity index (χ1v) is 6.36. The third-order valence-corrected chi connectivity index (χ3v) is 3.78. The Bertz CT molecular complexity index is 624. The second-order valence-electron chi connectivity index (χ2n) is 4.95. The van der Waals surface area contributed by atoms with Crippen molar-refractivity contribution in [3.05, 3.63) is 65.7 Å². The van der Waals surface area contributed by atoms with Gasteiger partial charge < -0.3 is 0 Å². The highest BCUT2D eigenvalue weighted by molar-refractivity contribution is 5.81. The zero-order valence-corrected chi connectivity index (χ0v) is 11.1. The smallest absolute Gasteiger partial charge is 0.238 e. The monoisotopic (exact) mass is 252 g/mol. The van der Waals surface area contributed by atoms with Crippen LogP contribution in [0.2, 0.25) is 0 Å². The summed E-state index contributed by atoms with van der Waals surface area (Å²) < 4.78 is 0. The highest BCUT2D eigenvalue weighted by Gasteiger charge is 2.44. The van der Waals surface area contributed by atoms with Crippen molar-refractivity contribution in [3.8, 4) is 0 Å². The summed E-state index contributed by atoms with van der Waals surface area (Å²) in [4.78, 5) is 12.0. The maximum atomic E-state index is 12.0. The van der Waals surface area contributed by atoms with Gasteiger partial charge >= 0.3 is 0 Å². The number of rotatable bonds is 1. The number of para-hydroxylation sites is 1. The van der Waals surface area contributed by atoms with E-state index < -0.39 is 5.54 Å². The maximum absolute atomic E-state index is 12.0. The van der Waals surface area contributed by atoms with Crippen LogP contribution in [0.1, 0.15) is 25.0 Å². The quantitative estimate of drug-likeness (QED) is 0.845. The van der Waals surface area contributed by atoms with Crippen molar-refractivity contribution in [2.75, 3.05) is 5.43 Å². The Morgan fingerprint density at radius 3 is 2.37 bits per heavy atom. The van der Waals surface area contributed by atoms with Crippen LogP contribution < -0.4 is 5.43 Å². The molecule has 1 atom stereocenters. The maximum Gasteiger partial charge on any atom is 0.238 e. The van der Waals surface area contributed by atoms with Gasteiger partial charge in [-0.15, -0.1) is 0 Å². The number of hydrogen-bond acceptors (Lipinski definition) is 2. The van der Waals surface area contributed by atoms with Crippen LogP contribution in [0.25, 0.3) is 0 Å². The number of benzene rings is 2. The Labute approximate surface area is 112 Å². The lowest BCUT2D eigenvalue weighted by atomic mass is 9.84. The standard InChI is InChI=1S/C16H16N2O/c1-12(19)18-16(2,13-8-4-3-5-9-13)14-10-6-7-11-15(14)17-18/h3-11,17H,1-2H3. The molecule has 3 nitrogen and oxygen atoms in total. The average molecular weight is 252 g/mol. The van der Waals surface area contributed by atoms with Crippen LogP contribution in [0.3, 0.4) is 0 Å². The van der Waals surface area contributed by atoms with Gasteiger partial charge in [0.15, 0.2) is 0 Å². The fraction of sp³-hybridized carbons (Fsp3) is 0.188. The molecular formula is C16H16N2O. The molecule has 1 N–H and O–H groups in total. The van der Waals surface area contributed by atoms with E-state index in [0.29, 0.717) is 0 Å². The molecule has 0 bridgehead atoms. The lowest BCUT2D eigenvalue weighted by Gasteiger charge is -2.34. The van der Waals surface area contributed by atoms with Crippen LogP contribution in [-0.2, 0) is 10.3 Å². The number of anilines is 1. The number of fused-ring (bicyclic) bond motifs is 1. The van der Waals surface area contributed by atoms with Crippen molar-refractivity contribution in [2.24, 2.45) is 0 Å². The fourth-order valence-electron chi connectivity index (χ4n) is 2.80. The van der Waals surface area contributed by atoms with Crippen LogP contribution >= 0.6 is 0 Å². The number of hydrogen-bond donors (Lipinski definition) is 1. The Hall–Kier alpha value is -2.29. The molecule has 1 unspecified atom stereocenters. The number of nitrogens with zero attached hydrogens (tertiary/aromatic N) is 1. The number of amides is 1. The van der Waals surface area contributed by atoms with Crippen molar-refractivity contribution in [3.63, 3.8) is 0 Å². The van der Waals surface area contributed by atoms with Gasteiger partial charge in [0.05, 0.1) is 5.69 Å². The summed E-state index contributed by atoms with van der Waals surface area (Å²) in [7, 11) is 0. The predicted molar refractivity (Wildman–Crippen MR) is 75.5 cm³/mol. The van der Waals surface area contributed by atoms with Gasteiger partial charge in [-0.05, 0) is 18.6 Å². The molecular weight excluding hydrogens is 236 g/mol. The molecule has 1 aliphatic heterocycles. The minimum Gasteiger partial charge on any atom is -0.295 e. The molecule has 19 heavy (non-hydrogen) atoms. The van der Waals surface area contributed by atoms with E-state index >= 15 is 0 Å². The van der Waals surface area contributed by atoms with Gasteiger partial charge in [0.1, 0.15) is 5.54 Å². The van der Waals surface area contributed by atoms with Gasteiger partial charge in [0, 0.05) is 12.5 Å². The molecule has 0 spiro atoms. The van der Waals surface area contributed by atoms with Gasteiger partial charge in [-0.3, -0.25) is 10.2 Å². The zero-order valence-electron chi connectivity index (χ0n) is 11.1. The lowest BCUT2D eigenvalue weighted by Crippen LogP contribution is -2.45. The predicted octanol–water partition coefficient (Wildman–Crippen LogP) is 3.14. The second kappa shape index (κ2) is 4.12. The Morgan fingerprint density at radius 2 is 1.68 bits per heavy atom. The van der Waals surface area contributed by atoms with E-state index in [9.17, 15) is 4.79 Å². The molecule has 0 aromatic heterocycles. The highest BCUT2D eigenvalue weighted by atomic mass is 16.2. The summed E-state index contributed by atoms with van der Waals surface area (Å²) >= 11 is 0. The number of carbonyl (C=O) groups excluding carboxylic acids is 1. The first-order chi connectivity index (χ1) is 9.14. The molecule has 3 rings (SSSR count). The molecule has 0 radical (unpaired) electrons. The average Bonchev–Trinajstić information content (AvgIpc) is 2.75. The largest absolute Gasteiger partial charge is 0.295 e. The van der Waals surface area contributed by atoms with Gasteiger partial charge in [0.2, 0.25) is 5.91 Å². The van der Waals surface area contributed by atoms with Crippen LogP contribution in [0.4, 0.5) is 5.69 Å². The minimum atomic E-state index is -0.469. The fourth-order valence-corrected chi connectivity index (χ4v) is 2.80. The summed E-state index contributed by atoms with van der Waals surface area (Å²) in [5, 5.41) is 1.70. The molecule has 0 saturated heterocycles. The van der Waals surface area contributed by atoms with Crippen molar-refractivity contribution >= 4 is 11.6 Å². The van der Waals surface area contributed by atoms with E-state index in [-0.39, 0.29) is 5.91 Å². The van der Waals surface area contributed by atoms with Gasteiger partial charge in [-0.2, -0.15) is 0 Å². The highest BCUT2D eigenvalue weighted by Crippen LogP contribution is 2.44. The molecule has 1 amide bonds. The zero-order chi connectivity index (χ0) is 13.5. The third-order valence-electron chi connectivity index (χ3n) is 3.78. The summed E-state index contributed by atoms with van der Waals surface area (Å²) in [5.41, 5.74) is 5.95. The van der Waals surface area contributed by atoms with E-state index in [1.54, 1.807) is 11.9 Å². The van der Waals surface area contributed by atoms with E-state index in [4.69, 9.17) is 0 Å². The molecule has 0 saturated carbocycles. The molecule has 0 aliphatic carbocycles. The van der Waals surface area contributed by atoms with Crippen molar-refractivity contribution < 1.29 is 4.79 Å². The van der Waals surface area contributed by atoms with E-state index in [1.165, 1.54) is 0 Å². The third kappa shape index (κ3) is 1.62. The van der Waals surface area contributed by atoms with Gasteiger partial charge in [-0.25, -0.2) is 5.01 Å². The Balaban J connectivity index is 2.23. The van der Waals surface area contributed by atoms with Crippen molar-refractivity contribution in [2.45, 2.75) is 19.4 Å². The summed E-state index contributed by atoms with van der Waals surface area (Å²) in [6, 6.07) is 18.1. The molecule has 2 aromatic carbocycles. The number of nitrogens with one attached hydrogen (secondary N) is 1. The van der Waals surface area contributed by atoms with Crippen LogP contribution in [0.15, 0.2) is 54.6 Å². The SMILES string of the molecule is CC(=O)N1Nc2ccccc2C1(C)c1ccccc1.